The van der Waals surface area contributed by atoms with E-state index in [4.69, 9.17) is 0 Å². The van der Waals surface area contributed by atoms with Gasteiger partial charge < -0.3 is 10.6 Å². The Bertz CT molecular complexity index is 473. The third-order valence-electron chi connectivity index (χ3n) is 3.56. The molecule has 1 aliphatic heterocycles. The molecule has 8 heteroatoms. The van der Waals surface area contributed by atoms with Gasteiger partial charge in [0.05, 0.1) is 13.1 Å². The Hall–Kier alpha value is -1.28. The van der Waals surface area contributed by atoms with Gasteiger partial charge in [0.2, 0.25) is 0 Å². The number of nitrogens with one attached hydrogen (secondary N) is 2. The Balaban J connectivity index is 1.68. The minimum absolute atomic E-state index is 0.225. The van der Waals surface area contributed by atoms with Gasteiger partial charge in [-0.05, 0) is 30.3 Å². The molecule has 1 saturated heterocycles. The van der Waals surface area contributed by atoms with E-state index < -0.39 is 12.7 Å². The number of likely N-dealkylation sites (tertiary alicyclic amines) is 1. The molecule has 1 aromatic heterocycles. The average molecular weight is 334 g/mol. The molecule has 0 radical (unpaired) electrons. The summed E-state index contributed by atoms with van der Waals surface area (Å²) in [6, 6.07) is 4.03. The highest BCUT2D eigenvalue weighted by molar-refractivity contribution is 7.09. The molecule has 124 valence electrons. The molecule has 2 heterocycles. The Kier molecular flexibility index (Phi) is 6.07. The zero-order chi connectivity index (χ0) is 16.0. The van der Waals surface area contributed by atoms with Crippen molar-refractivity contribution in [3.8, 4) is 0 Å². The van der Waals surface area contributed by atoms with Crippen molar-refractivity contribution in [1.82, 2.24) is 15.5 Å². The fourth-order valence-electron chi connectivity index (χ4n) is 2.52. The van der Waals surface area contributed by atoms with E-state index in [-0.39, 0.29) is 5.92 Å². The van der Waals surface area contributed by atoms with E-state index in [1.165, 1.54) is 9.78 Å². The number of nitrogens with zero attached hydrogens (tertiary/aromatic N) is 2. The van der Waals surface area contributed by atoms with Crippen LogP contribution in [0, 0.1) is 5.92 Å². The molecule has 0 spiro atoms. The van der Waals surface area contributed by atoms with Gasteiger partial charge in [-0.15, -0.1) is 11.3 Å². The number of hydrogen-bond acceptors (Lipinski definition) is 3. The monoisotopic (exact) mass is 334 g/mol. The van der Waals surface area contributed by atoms with E-state index in [0.29, 0.717) is 32.1 Å². The lowest BCUT2D eigenvalue weighted by Gasteiger charge is -2.18. The van der Waals surface area contributed by atoms with Crippen LogP contribution in [0.4, 0.5) is 13.2 Å². The highest BCUT2D eigenvalue weighted by Crippen LogP contribution is 2.22. The van der Waals surface area contributed by atoms with Gasteiger partial charge in [0.25, 0.3) is 0 Å². The SMILES string of the molecule is CN=C(NCc1cccs1)NCC1CCN(CC(F)(F)F)C1. The molecule has 0 bridgehead atoms. The topological polar surface area (TPSA) is 39.7 Å². The lowest BCUT2D eigenvalue weighted by Crippen LogP contribution is -2.40. The average Bonchev–Trinajstić information content (AvgIpc) is 3.09. The van der Waals surface area contributed by atoms with Crippen molar-refractivity contribution in [2.75, 3.05) is 33.2 Å². The first-order valence-corrected chi connectivity index (χ1v) is 8.10. The van der Waals surface area contributed by atoms with E-state index in [0.717, 1.165) is 6.42 Å². The zero-order valence-electron chi connectivity index (χ0n) is 12.5. The molecule has 1 atom stereocenters. The Morgan fingerprint density at radius 3 is 2.91 bits per heavy atom. The molecule has 1 fully saturated rings. The first kappa shape index (κ1) is 17.1. The molecule has 0 aliphatic carbocycles. The van der Waals surface area contributed by atoms with Crippen LogP contribution >= 0.6 is 11.3 Å². The van der Waals surface area contributed by atoms with Gasteiger partial charge in [-0.3, -0.25) is 9.89 Å². The molecular weight excluding hydrogens is 313 g/mol. The Labute approximate surface area is 132 Å². The molecular formula is C14H21F3N4S. The zero-order valence-corrected chi connectivity index (χ0v) is 13.3. The summed E-state index contributed by atoms with van der Waals surface area (Å²) in [6.45, 7) is 1.51. The van der Waals surface area contributed by atoms with Crippen LogP contribution < -0.4 is 10.6 Å². The van der Waals surface area contributed by atoms with E-state index in [2.05, 4.69) is 15.6 Å². The molecule has 0 saturated carbocycles. The molecule has 4 nitrogen and oxygen atoms in total. The lowest BCUT2D eigenvalue weighted by molar-refractivity contribution is -0.143. The third kappa shape index (κ3) is 5.84. The minimum atomic E-state index is -4.11. The van der Waals surface area contributed by atoms with Gasteiger partial charge in [-0.2, -0.15) is 13.2 Å². The van der Waals surface area contributed by atoms with Crippen molar-refractivity contribution < 1.29 is 13.2 Å². The van der Waals surface area contributed by atoms with E-state index in [1.807, 2.05) is 17.5 Å². The molecule has 2 N–H and O–H groups in total. The largest absolute Gasteiger partial charge is 0.401 e. The number of alkyl halides is 3. The van der Waals surface area contributed by atoms with E-state index in [1.54, 1.807) is 18.4 Å². The number of rotatable bonds is 5. The van der Waals surface area contributed by atoms with E-state index in [9.17, 15) is 13.2 Å². The standard InChI is InChI=1S/C14H21F3N4S/c1-18-13(20-8-12-3-2-6-22-12)19-7-11-4-5-21(9-11)10-14(15,16)17/h2-3,6,11H,4-5,7-10H2,1H3,(H2,18,19,20). The number of thiophene rings is 1. The predicted octanol–water partition coefficient (Wildman–Crippen LogP) is 2.30. The van der Waals surface area contributed by atoms with Crippen molar-refractivity contribution in [3.63, 3.8) is 0 Å². The predicted molar refractivity (Wildman–Crippen MR) is 83.1 cm³/mol. The van der Waals surface area contributed by atoms with Crippen LogP contribution in [0.1, 0.15) is 11.3 Å². The maximum atomic E-state index is 12.4. The molecule has 1 aromatic rings. The summed E-state index contributed by atoms with van der Waals surface area (Å²) >= 11 is 1.67. The van der Waals surface area contributed by atoms with E-state index >= 15 is 0 Å². The first-order chi connectivity index (χ1) is 10.5. The van der Waals surface area contributed by atoms with Gasteiger partial charge in [0.15, 0.2) is 5.96 Å². The van der Waals surface area contributed by atoms with Crippen LogP contribution in [-0.4, -0.2) is 50.3 Å². The highest BCUT2D eigenvalue weighted by atomic mass is 32.1. The lowest BCUT2D eigenvalue weighted by atomic mass is 10.1. The second-order valence-corrected chi connectivity index (χ2v) is 6.42. The van der Waals surface area contributed by atoms with Gasteiger partial charge >= 0.3 is 6.18 Å². The normalized spacial score (nSPS) is 20.4. The van der Waals surface area contributed by atoms with Crippen molar-refractivity contribution in [1.29, 1.82) is 0 Å². The van der Waals surface area contributed by atoms with Crippen LogP contribution in [0.3, 0.4) is 0 Å². The highest BCUT2D eigenvalue weighted by Gasteiger charge is 2.34. The summed E-state index contributed by atoms with van der Waals surface area (Å²) in [5, 5.41) is 8.41. The van der Waals surface area contributed by atoms with Gasteiger partial charge in [-0.25, -0.2) is 0 Å². The summed E-state index contributed by atoms with van der Waals surface area (Å²) in [5.74, 6) is 0.908. The Morgan fingerprint density at radius 1 is 1.45 bits per heavy atom. The van der Waals surface area contributed by atoms with Crippen LogP contribution in [0.5, 0.6) is 0 Å². The summed E-state index contributed by atoms with van der Waals surface area (Å²) in [6.07, 6.45) is -3.33. The number of aliphatic imine (C=N–C) groups is 1. The van der Waals surface area contributed by atoms with Crippen molar-refractivity contribution in [2.24, 2.45) is 10.9 Å². The molecule has 1 unspecified atom stereocenters. The summed E-state index contributed by atoms with van der Waals surface area (Å²) in [5.41, 5.74) is 0. The first-order valence-electron chi connectivity index (χ1n) is 7.22. The molecule has 22 heavy (non-hydrogen) atoms. The molecule has 0 amide bonds. The summed E-state index contributed by atoms with van der Waals surface area (Å²) in [7, 11) is 1.69. The summed E-state index contributed by atoms with van der Waals surface area (Å²) < 4.78 is 37.1. The number of hydrogen-bond donors (Lipinski definition) is 2. The van der Waals surface area contributed by atoms with Crippen molar-refractivity contribution >= 4 is 17.3 Å². The molecule has 1 aliphatic rings. The van der Waals surface area contributed by atoms with Gasteiger partial charge in [0.1, 0.15) is 0 Å². The van der Waals surface area contributed by atoms with Crippen LogP contribution in [0.25, 0.3) is 0 Å². The van der Waals surface area contributed by atoms with Gasteiger partial charge in [-0.1, -0.05) is 6.07 Å². The second-order valence-electron chi connectivity index (χ2n) is 5.39. The van der Waals surface area contributed by atoms with Crippen LogP contribution in [-0.2, 0) is 6.54 Å². The maximum Gasteiger partial charge on any atom is 0.401 e. The van der Waals surface area contributed by atoms with Gasteiger partial charge in [0, 0.05) is 25.0 Å². The van der Waals surface area contributed by atoms with Crippen molar-refractivity contribution in [2.45, 2.75) is 19.1 Å². The Morgan fingerprint density at radius 2 is 2.27 bits per heavy atom. The fourth-order valence-corrected chi connectivity index (χ4v) is 3.17. The fraction of sp³-hybridized carbons (Fsp3) is 0.643. The number of halogens is 3. The molecule has 2 rings (SSSR count). The minimum Gasteiger partial charge on any atom is -0.356 e. The quantitative estimate of drug-likeness (QED) is 0.641. The van der Waals surface area contributed by atoms with Crippen molar-refractivity contribution in [3.05, 3.63) is 22.4 Å². The van der Waals surface area contributed by atoms with Crippen LogP contribution in [0.2, 0.25) is 0 Å². The smallest absolute Gasteiger partial charge is 0.356 e. The van der Waals surface area contributed by atoms with Crippen LogP contribution in [0.15, 0.2) is 22.5 Å². The molecule has 0 aromatic carbocycles. The summed E-state index contributed by atoms with van der Waals surface area (Å²) in [4.78, 5) is 6.81. The second kappa shape index (κ2) is 7.82. The maximum absolute atomic E-state index is 12.4. The number of guanidine groups is 1. The third-order valence-corrected chi connectivity index (χ3v) is 4.44.